The number of H-pyrrole nitrogens is 1. The van der Waals surface area contributed by atoms with Gasteiger partial charge in [0.05, 0.1) is 15.9 Å². The average Bonchev–Trinajstić information content (AvgIpc) is 2.95. The number of nitrogens with zero attached hydrogens (tertiary/aromatic N) is 1. The van der Waals surface area contributed by atoms with E-state index >= 15 is 0 Å². The van der Waals surface area contributed by atoms with Crippen molar-refractivity contribution in [1.82, 2.24) is 9.97 Å². The SMILES string of the molecule is CSCc1ccc2[nH]c(CC(C)(C)Cc3ccc(S(N)(=O)=O)cc3)nc2c1. The Labute approximate surface area is 164 Å². The van der Waals surface area contributed by atoms with E-state index in [1.807, 2.05) is 12.1 Å². The van der Waals surface area contributed by atoms with Crippen LogP contribution in [0.5, 0.6) is 0 Å². The minimum Gasteiger partial charge on any atom is -0.342 e. The minimum atomic E-state index is -3.65. The number of rotatable bonds is 7. The lowest BCUT2D eigenvalue weighted by atomic mass is 9.82. The molecule has 5 nitrogen and oxygen atoms in total. The highest BCUT2D eigenvalue weighted by Gasteiger charge is 2.21. The number of benzene rings is 2. The number of thioether (sulfide) groups is 1. The predicted molar refractivity (Wildman–Crippen MR) is 112 cm³/mol. The zero-order chi connectivity index (χ0) is 19.7. The number of hydrogen-bond donors (Lipinski definition) is 2. The van der Waals surface area contributed by atoms with E-state index in [1.165, 1.54) is 5.56 Å². The highest BCUT2D eigenvalue weighted by Crippen LogP contribution is 2.27. The van der Waals surface area contributed by atoms with Gasteiger partial charge < -0.3 is 4.98 Å². The van der Waals surface area contributed by atoms with E-state index in [9.17, 15) is 8.42 Å². The van der Waals surface area contributed by atoms with Crippen LogP contribution in [0.4, 0.5) is 0 Å². The van der Waals surface area contributed by atoms with Crippen molar-refractivity contribution in [3.05, 3.63) is 59.4 Å². The van der Waals surface area contributed by atoms with E-state index in [2.05, 4.69) is 43.3 Å². The third kappa shape index (κ3) is 5.12. The molecule has 1 aromatic heterocycles. The lowest BCUT2D eigenvalue weighted by molar-refractivity contribution is 0.354. The van der Waals surface area contributed by atoms with Crippen molar-refractivity contribution in [3.63, 3.8) is 0 Å². The number of primary sulfonamides is 1. The van der Waals surface area contributed by atoms with Gasteiger partial charge >= 0.3 is 0 Å². The summed E-state index contributed by atoms with van der Waals surface area (Å²) in [6, 6.07) is 13.2. The molecule has 0 unspecified atom stereocenters. The van der Waals surface area contributed by atoms with E-state index in [1.54, 1.807) is 23.9 Å². The van der Waals surface area contributed by atoms with Gasteiger partial charge in [-0.25, -0.2) is 18.5 Å². The number of aromatic nitrogens is 2. The Balaban J connectivity index is 1.74. The third-order valence-electron chi connectivity index (χ3n) is 4.49. The van der Waals surface area contributed by atoms with Gasteiger partial charge in [-0.2, -0.15) is 11.8 Å². The first-order chi connectivity index (χ1) is 12.7. The molecule has 0 bridgehead atoms. The number of nitrogens with one attached hydrogen (secondary N) is 1. The summed E-state index contributed by atoms with van der Waals surface area (Å²) in [7, 11) is -3.65. The summed E-state index contributed by atoms with van der Waals surface area (Å²) >= 11 is 1.80. The summed E-state index contributed by atoms with van der Waals surface area (Å²) in [5.41, 5.74) is 4.39. The molecule has 0 aliphatic rings. The number of sulfonamides is 1. The molecule has 1 heterocycles. The fourth-order valence-electron chi connectivity index (χ4n) is 3.31. The molecule has 144 valence electrons. The molecule has 27 heavy (non-hydrogen) atoms. The summed E-state index contributed by atoms with van der Waals surface area (Å²) in [6.45, 7) is 4.37. The van der Waals surface area contributed by atoms with Crippen LogP contribution in [0.2, 0.25) is 0 Å². The van der Waals surface area contributed by atoms with E-state index in [0.717, 1.165) is 41.0 Å². The quantitative estimate of drug-likeness (QED) is 0.626. The first-order valence-electron chi connectivity index (χ1n) is 8.74. The van der Waals surface area contributed by atoms with Gasteiger partial charge in [-0.1, -0.05) is 32.0 Å². The topological polar surface area (TPSA) is 88.8 Å². The van der Waals surface area contributed by atoms with Crippen LogP contribution in [0.25, 0.3) is 11.0 Å². The van der Waals surface area contributed by atoms with Gasteiger partial charge in [0.15, 0.2) is 0 Å². The highest BCUT2D eigenvalue weighted by molar-refractivity contribution is 7.97. The maximum absolute atomic E-state index is 11.4. The molecule has 0 amide bonds. The van der Waals surface area contributed by atoms with Crippen molar-refractivity contribution in [1.29, 1.82) is 0 Å². The van der Waals surface area contributed by atoms with E-state index in [-0.39, 0.29) is 10.3 Å². The van der Waals surface area contributed by atoms with Crippen molar-refractivity contribution in [2.75, 3.05) is 6.26 Å². The summed E-state index contributed by atoms with van der Waals surface area (Å²) < 4.78 is 22.8. The fraction of sp³-hybridized carbons (Fsp3) is 0.350. The summed E-state index contributed by atoms with van der Waals surface area (Å²) in [5, 5.41) is 5.16. The molecule has 0 atom stereocenters. The number of nitrogens with two attached hydrogens (primary N) is 1. The Morgan fingerprint density at radius 2 is 1.74 bits per heavy atom. The lowest BCUT2D eigenvalue weighted by Gasteiger charge is -2.23. The Morgan fingerprint density at radius 3 is 2.37 bits per heavy atom. The molecule has 3 rings (SSSR count). The maximum atomic E-state index is 11.4. The molecule has 0 saturated carbocycles. The van der Waals surface area contributed by atoms with Crippen molar-refractivity contribution in [2.45, 2.75) is 37.3 Å². The minimum absolute atomic E-state index is 0.0287. The van der Waals surface area contributed by atoms with Gasteiger partial charge in [-0.05, 0) is 53.5 Å². The molecule has 3 N–H and O–H groups in total. The monoisotopic (exact) mass is 403 g/mol. The van der Waals surface area contributed by atoms with Crippen LogP contribution in [-0.2, 0) is 28.6 Å². The second-order valence-corrected chi connectivity index (χ2v) is 10.1. The van der Waals surface area contributed by atoms with Gasteiger partial charge in [0, 0.05) is 12.2 Å². The molecule has 0 spiro atoms. The molecular formula is C20H25N3O2S2. The van der Waals surface area contributed by atoms with Gasteiger partial charge in [0.2, 0.25) is 10.0 Å². The fourth-order valence-corrected chi connectivity index (χ4v) is 4.34. The van der Waals surface area contributed by atoms with Crippen LogP contribution in [-0.4, -0.2) is 24.6 Å². The second kappa shape index (κ2) is 7.66. The van der Waals surface area contributed by atoms with E-state index in [4.69, 9.17) is 10.1 Å². The Bertz CT molecular complexity index is 1040. The van der Waals surface area contributed by atoms with Crippen LogP contribution in [0.1, 0.15) is 30.8 Å². The highest BCUT2D eigenvalue weighted by atomic mass is 32.2. The largest absolute Gasteiger partial charge is 0.342 e. The molecule has 0 aliphatic carbocycles. The molecule has 2 aromatic carbocycles. The van der Waals surface area contributed by atoms with Gasteiger partial charge in [-0.3, -0.25) is 0 Å². The number of hydrogen-bond acceptors (Lipinski definition) is 4. The first kappa shape index (κ1) is 19.9. The lowest BCUT2D eigenvalue weighted by Crippen LogP contribution is -2.19. The van der Waals surface area contributed by atoms with Gasteiger partial charge in [0.1, 0.15) is 5.82 Å². The number of aromatic amines is 1. The second-order valence-electron chi connectivity index (χ2n) is 7.67. The number of fused-ring (bicyclic) bond motifs is 1. The van der Waals surface area contributed by atoms with Gasteiger partial charge in [0.25, 0.3) is 0 Å². The van der Waals surface area contributed by atoms with Crippen LogP contribution >= 0.6 is 11.8 Å². The predicted octanol–water partition coefficient (Wildman–Crippen LogP) is 3.88. The van der Waals surface area contributed by atoms with Gasteiger partial charge in [-0.15, -0.1) is 0 Å². The standard InChI is InChI=1S/C20H25N3O2S2/c1-20(2,11-14-4-7-16(8-5-14)27(21,24)25)12-19-22-17-9-6-15(13-26-3)10-18(17)23-19/h4-10H,11-13H2,1-3H3,(H,22,23)(H2,21,24,25). The van der Waals surface area contributed by atoms with Crippen LogP contribution < -0.4 is 5.14 Å². The zero-order valence-electron chi connectivity index (χ0n) is 15.8. The maximum Gasteiger partial charge on any atom is 0.238 e. The average molecular weight is 404 g/mol. The Morgan fingerprint density at radius 1 is 1.07 bits per heavy atom. The molecule has 0 fully saturated rings. The van der Waals surface area contributed by atoms with Crippen molar-refractivity contribution in [2.24, 2.45) is 10.6 Å². The summed E-state index contributed by atoms with van der Waals surface area (Å²) in [4.78, 5) is 8.33. The number of imidazole rings is 1. The van der Waals surface area contributed by atoms with Crippen LogP contribution in [0, 0.1) is 5.41 Å². The molecular weight excluding hydrogens is 378 g/mol. The summed E-state index contributed by atoms with van der Waals surface area (Å²) in [5.74, 6) is 1.95. The van der Waals surface area contributed by atoms with E-state index in [0.29, 0.717) is 0 Å². The third-order valence-corrected chi connectivity index (χ3v) is 6.04. The molecule has 0 saturated heterocycles. The van der Waals surface area contributed by atoms with Crippen LogP contribution in [0.3, 0.4) is 0 Å². The van der Waals surface area contributed by atoms with Crippen LogP contribution in [0.15, 0.2) is 47.4 Å². The van der Waals surface area contributed by atoms with E-state index < -0.39 is 10.0 Å². The smallest absolute Gasteiger partial charge is 0.238 e. The first-order valence-corrected chi connectivity index (χ1v) is 11.7. The van der Waals surface area contributed by atoms with Crippen molar-refractivity contribution >= 4 is 32.8 Å². The molecule has 7 heteroatoms. The molecule has 0 radical (unpaired) electrons. The molecule has 3 aromatic rings. The summed E-state index contributed by atoms with van der Waals surface area (Å²) in [6.07, 6.45) is 3.71. The Hall–Kier alpha value is -1.83. The Kier molecular flexibility index (Phi) is 5.65. The van der Waals surface area contributed by atoms with Crippen molar-refractivity contribution < 1.29 is 8.42 Å². The molecule has 0 aliphatic heterocycles. The van der Waals surface area contributed by atoms with Crippen molar-refractivity contribution in [3.8, 4) is 0 Å². The zero-order valence-corrected chi connectivity index (χ0v) is 17.5. The normalized spacial score (nSPS) is 12.6.